The predicted octanol–water partition coefficient (Wildman–Crippen LogP) is 4.33. The highest BCUT2D eigenvalue weighted by Gasteiger charge is 2.16. The zero-order valence-electron chi connectivity index (χ0n) is 10.9. The standard InChI is InChI=1S/C14H7BrClN5S/c15-9-5-8(6-17-7-9)13-20-21-12(18-19-14(21)22-13)10-3-1-2-4-11(10)16/h1-7H. The molecule has 0 atom stereocenters. The van der Waals surface area contributed by atoms with Crippen LogP contribution in [0.4, 0.5) is 0 Å². The molecule has 0 N–H and O–H groups in total. The van der Waals surface area contributed by atoms with Crippen LogP contribution >= 0.6 is 38.9 Å². The highest BCUT2D eigenvalue weighted by atomic mass is 79.9. The van der Waals surface area contributed by atoms with Crippen molar-refractivity contribution in [3.05, 3.63) is 52.2 Å². The van der Waals surface area contributed by atoms with E-state index < -0.39 is 0 Å². The van der Waals surface area contributed by atoms with Gasteiger partial charge in [-0.1, -0.05) is 35.1 Å². The van der Waals surface area contributed by atoms with E-state index in [-0.39, 0.29) is 0 Å². The Balaban J connectivity index is 1.88. The Hall–Kier alpha value is -1.83. The van der Waals surface area contributed by atoms with Gasteiger partial charge < -0.3 is 0 Å². The van der Waals surface area contributed by atoms with Gasteiger partial charge in [-0.15, -0.1) is 10.2 Å². The third-order valence-electron chi connectivity index (χ3n) is 3.06. The van der Waals surface area contributed by atoms with E-state index in [1.807, 2.05) is 30.3 Å². The molecule has 0 aliphatic heterocycles. The van der Waals surface area contributed by atoms with Gasteiger partial charge in [0.15, 0.2) is 5.82 Å². The van der Waals surface area contributed by atoms with Crippen molar-refractivity contribution in [1.29, 1.82) is 0 Å². The molecule has 0 saturated heterocycles. The molecule has 3 heterocycles. The summed E-state index contributed by atoms with van der Waals surface area (Å²) in [6.07, 6.45) is 3.50. The highest BCUT2D eigenvalue weighted by molar-refractivity contribution is 9.10. The van der Waals surface area contributed by atoms with Gasteiger partial charge in [0.1, 0.15) is 5.01 Å². The number of nitrogens with zero attached hydrogens (tertiary/aromatic N) is 5. The van der Waals surface area contributed by atoms with Crippen molar-refractivity contribution in [2.45, 2.75) is 0 Å². The topological polar surface area (TPSA) is 56.0 Å². The summed E-state index contributed by atoms with van der Waals surface area (Å²) in [4.78, 5) is 4.88. The lowest BCUT2D eigenvalue weighted by molar-refractivity contribution is 0.970. The van der Waals surface area contributed by atoms with Crippen LogP contribution in [0.15, 0.2) is 47.2 Å². The Morgan fingerprint density at radius 2 is 2.00 bits per heavy atom. The maximum Gasteiger partial charge on any atom is 0.235 e. The van der Waals surface area contributed by atoms with Gasteiger partial charge in [0.05, 0.1) is 5.02 Å². The Morgan fingerprint density at radius 3 is 2.82 bits per heavy atom. The first kappa shape index (κ1) is 13.8. The van der Waals surface area contributed by atoms with Crippen LogP contribution in [0.3, 0.4) is 0 Å². The molecule has 0 fully saturated rings. The Labute approximate surface area is 142 Å². The van der Waals surface area contributed by atoms with Crippen LogP contribution in [0.2, 0.25) is 5.02 Å². The molecule has 0 bridgehead atoms. The van der Waals surface area contributed by atoms with Crippen molar-refractivity contribution >= 4 is 43.8 Å². The SMILES string of the molecule is Clc1ccccc1-c1nnc2sc(-c3cncc(Br)c3)nn12. The molecule has 5 nitrogen and oxygen atoms in total. The molecule has 0 spiro atoms. The van der Waals surface area contributed by atoms with Crippen LogP contribution < -0.4 is 0 Å². The lowest BCUT2D eigenvalue weighted by atomic mass is 10.2. The van der Waals surface area contributed by atoms with Gasteiger partial charge in [0, 0.05) is 28.0 Å². The smallest absolute Gasteiger partial charge is 0.235 e. The van der Waals surface area contributed by atoms with Crippen molar-refractivity contribution in [3.63, 3.8) is 0 Å². The van der Waals surface area contributed by atoms with Crippen molar-refractivity contribution in [2.24, 2.45) is 0 Å². The molecule has 4 aromatic rings. The molecule has 0 amide bonds. The van der Waals surface area contributed by atoms with E-state index in [0.717, 1.165) is 20.6 Å². The maximum absolute atomic E-state index is 6.24. The normalized spacial score (nSPS) is 11.2. The molecular weight excluding hydrogens is 386 g/mol. The minimum Gasteiger partial charge on any atom is -0.263 e. The van der Waals surface area contributed by atoms with Gasteiger partial charge in [0.25, 0.3) is 0 Å². The summed E-state index contributed by atoms with van der Waals surface area (Å²) in [7, 11) is 0. The summed E-state index contributed by atoms with van der Waals surface area (Å²) in [5.41, 5.74) is 1.73. The number of fused-ring (bicyclic) bond motifs is 1. The molecule has 4 rings (SSSR count). The van der Waals surface area contributed by atoms with Gasteiger partial charge in [0.2, 0.25) is 4.96 Å². The Morgan fingerprint density at radius 1 is 1.14 bits per heavy atom. The quantitative estimate of drug-likeness (QED) is 0.509. The minimum atomic E-state index is 0.621. The Kier molecular flexibility index (Phi) is 3.40. The van der Waals surface area contributed by atoms with E-state index in [4.69, 9.17) is 11.6 Å². The van der Waals surface area contributed by atoms with Gasteiger partial charge in [-0.05, 0) is 34.1 Å². The summed E-state index contributed by atoms with van der Waals surface area (Å²) in [5.74, 6) is 0.631. The van der Waals surface area contributed by atoms with Crippen LogP contribution in [0, 0.1) is 0 Å². The van der Waals surface area contributed by atoms with Crippen LogP contribution in [0.25, 0.3) is 26.9 Å². The predicted molar refractivity (Wildman–Crippen MR) is 90.0 cm³/mol. The van der Waals surface area contributed by atoms with Crippen LogP contribution in [-0.2, 0) is 0 Å². The third kappa shape index (κ3) is 2.31. The summed E-state index contributed by atoms with van der Waals surface area (Å²) >= 11 is 11.1. The van der Waals surface area contributed by atoms with E-state index in [0.29, 0.717) is 15.8 Å². The van der Waals surface area contributed by atoms with E-state index in [1.54, 1.807) is 16.9 Å². The average molecular weight is 393 g/mol. The second kappa shape index (κ2) is 5.42. The van der Waals surface area contributed by atoms with Crippen molar-refractivity contribution in [2.75, 3.05) is 0 Å². The summed E-state index contributed by atoms with van der Waals surface area (Å²) in [6, 6.07) is 9.48. The molecule has 0 aliphatic carbocycles. The Bertz CT molecular complexity index is 980. The average Bonchev–Trinajstić information content (AvgIpc) is 3.08. The van der Waals surface area contributed by atoms with Gasteiger partial charge in [-0.2, -0.15) is 9.61 Å². The number of aromatic nitrogens is 5. The first-order valence-electron chi connectivity index (χ1n) is 6.30. The molecule has 0 aliphatic rings. The first-order valence-corrected chi connectivity index (χ1v) is 8.29. The first-order chi connectivity index (χ1) is 10.7. The molecule has 3 aromatic heterocycles. The monoisotopic (exact) mass is 391 g/mol. The number of halogens is 2. The summed E-state index contributed by atoms with van der Waals surface area (Å²) < 4.78 is 2.62. The third-order valence-corrected chi connectivity index (χ3v) is 4.77. The fourth-order valence-corrected chi connectivity index (χ4v) is 3.48. The molecular formula is C14H7BrClN5S. The zero-order valence-corrected chi connectivity index (χ0v) is 14.1. The summed E-state index contributed by atoms with van der Waals surface area (Å²) in [6.45, 7) is 0. The van der Waals surface area contributed by atoms with E-state index in [2.05, 4.69) is 36.2 Å². The molecule has 0 saturated carbocycles. The number of pyridine rings is 1. The van der Waals surface area contributed by atoms with Crippen molar-refractivity contribution < 1.29 is 0 Å². The fourth-order valence-electron chi connectivity index (χ4n) is 2.07. The molecule has 108 valence electrons. The van der Waals surface area contributed by atoms with Crippen molar-refractivity contribution in [3.8, 4) is 22.0 Å². The number of rotatable bonds is 2. The summed E-state index contributed by atoms with van der Waals surface area (Å²) in [5, 5.41) is 14.4. The van der Waals surface area contributed by atoms with Crippen molar-refractivity contribution in [1.82, 2.24) is 24.8 Å². The van der Waals surface area contributed by atoms with Crippen LogP contribution in [-0.4, -0.2) is 24.8 Å². The molecule has 0 radical (unpaired) electrons. The number of hydrogen-bond donors (Lipinski definition) is 0. The minimum absolute atomic E-state index is 0.621. The molecule has 0 unspecified atom stereocenters. The maximum atomic E-state index is 6.24. The van der Waals surface area contributed by atoms with Crippen LogP contribution in [0.5, 0.6) is 0 Å². The zero-order chi connectivity index (χ0) is 15.1. The lowest BCUT2D eigenvalue weighted by Crippen LogP contribution is -1.91. The van der Waals surface area contributed by atoms with E-state index in [9.17, 15) is 0 Å². The van der Waals surface area contributed by atoms with E-state index >= 15 is 0 Å². The van der Waals surface area contributed by atoms with E-state index in [1.165, 1.54) is 11.3 Å². The largest absolute Gasteiger partial charge is 0.263 e. The fraction of sp³-hybridized carbons (Fsp3) is 0. The van der Waals surface area contributed by atoms with Crippen LogP contribution in [0.1, 0.15) is 0 Å². The highest BCUT2D eigenvalue weighted by Crippen LogP contribution is 2.31. The second-order valence-corrected chi connectivity index (χ2v) is 6.78. The second-order valence-electron chi connectivity index (χ2n) is 4.50. The van der Waals surface area contributed by atoms with Gasteiger partial charge in [-0.25, -0.2) is 0 Å². The molecule has 22 heavy (non-hydrogen) atoms. The number of benzene rings is 1. The lowest BCUT2D eigenvalue weighted by Gasteiger charge is -1.99. The molecule has 1 aromatic carbocycles. The molecule has 8 heteroatoms. The van der Waals surface area contributed by atoms with Gasteiger partial charge in [-0.3, -0.25) is 4.98 Å². The number of hydrogen-bond acceptors (Lipinski definition) is 5. The van der Waals surface area contributed by atoms with Gasteiger partial charge >= 0.3 is 0 Å².